The van der Waals surface area contributed by atoms with Crippen LogP contribution < -0.4 is 10.6 Å². The molecule has 0 amide bonds. The number of nitrogens with zero attached hydrogens (tertiary/aromatic N) is 1. The van der Waals surface area contributed by atoms with E-state index in [1.807, 2.05) is 43.1 Å². The summed E-state index contributed by atoms with van der Waals surface area (Å²) in [5, 5.41) is 0. The number of aryl methyl sites for hydroxylation is 1. The van der Waals surface area contributed by atoms with Gasteiger partial charge in [-0.3, -0.25) is 0 Å². The van der Waals surface area contributed by atoms with E-state index < -0.39 is 17.6 Å². The highest BCUT2D eigenvalue weighted by Gasteiger charge is 2.48. The highest BCUT2D eigenvalue weighted by atomic mass is 19.4. The van der Waals surface area contributed by atoms with Crippen LogP contribution >= 0.6 is 0 Å². The van der Waals surface area contributed by atoms with Crippen molar-refractivity contribution in [2.45, 2.75) is 44.3 Å². The summed E-state index contributed by atoms with van der Waals surface area (Å²) in [7, 11) is 1.86. The molecular formula is C16H23F3N2. The minimum atomic E-state index is -4.13. The van der Waals surface area contributed by atoms with Crippen LogP contribution in [-0.2, 0) is 0 Å². The van der Waals surface area contributed by atoms with Crippen molar-refractivity contribution in [3.05, 3.63) is 29.8 Å². The average molecular weight is 300 g/mol. The molecule has 0 saturated heterocycles. The lowest BCUT2D eigenvalue weighted by molar-refractivity contribution is -0.186. The van der Waals surface area contributed by atoms with Crippen LogP contribution in [-0.4, -0.2) is 25.3 Å². The van der Waals surface area contributed by atoms with Gasteiger partial charge in [-0.05, 0) is 38.3 Å². The van der Waals surface area contributed by atoms with E-state index >= 15 is 0 Å². The number of benzene rings is 1. The maximum Gasteiger partial charge on any atom is 0.391 e. The molecule has 1 fully saturated rings. The lowest BCUT2D eigenvalue weighted by Crippen LogP contribution is -2.56. The zero-order chi connectivity index (χ0) is 15.7. The second kappa shape index (κ2) is 5.87. The van der Waals surface area contributed by atoms with Crippen LogP contribution in [0.4, 0.5) is 18.9 Å². The molecule has 2 atom stereocenters. The van der Waals surface area contributed by atoms with Crippen molar-refractivity contribution in [2.75, 3.05) is 18.5 Å². The molecule has 1 aromatic carbocycles. The Morgan fingerprint density at radius 1 is 1.29 bits per heavy atom. The lowest BCUT2D eigenvalue weighted by atomic mass is 9.74. The molecule has 2 N–H and O–H groups in total. The first-order chi connectivity index (χ1) is 9.78. The zero-order valence-electron chi connectivity index (χ0n) is 12.6. The molecule has 0 aromatic heterocycles. The van der Waals surface area contributed by atoms with Gasteiger partial charge in [-0.25, -0.2) is 0 Å². The van der Waals surface area contributed by atoms with E-state index in [0.717, 1.165) is 11.3 Å². The fourth-order valence-electron chi connectivity index (χ4n) is 3.29. The van der Waals surface area contributed by atoms with Gasteiger partial charge in [0, 0.05) is 19.3 Å². The monoisotopic (exact) mass is 300 g/mol. The normalized spacial score (nSPS) is 26.7. The predicted octanol–water partition coefficient (Wildman–Crippen LogP) is 3.88. The molecule has 0 aliphatic heterocycles. The number of alkyl halides is 3. The molecule has 21 heavy (non-hydrogen) atoms. The molecule has 2 unspecified atom stereocenters. The van der Waals surface area contributed by atoms with Gasteiger partial charge < -0.3 is 10.6 Å². The molecule has 1 aliphatic rings. The molecular weight excluding hydrogens is 277 g/mol. The van der Waals surface area contributed by atoms with Gasteiger partial charge in [0.2, 0.25) is 0 Å². The third-order valence-corrected chi connectivity index (χ3v) is 4.80. The summed E-state index contributed by atoms with van der Waals surface area (Å²) in [5.74, 6) is -1.25. The zero-order valence-corrected chi connectivity index (χ0v) is 12.6. The van der Waals surface area contributed by atoms with Crippen LogP contribution in [0, 0.1) is 12.8 Å². The van der Waals surface area contributed by atoms with E-state index in [4.69, 9.17) is 5.73 Å². The summed E-state index contributed by atoms with van der Waals surface area (Å²) in [6.45, 7) is 2.23. The van der Waals surface area contributed by atoms with Crippen molar-refractivity contribution in [1.82, 2.24) is 0 Å². The van der Waals surface area contributed by atoms with E-state index in [-0.39, 0.29) is 19.4 Å². The fraction of sp³-hybridized carbons (Fsp3) is 0.625. The first-order valence-electron chi connectivity index (χ1n) is 7.36. The summed E-state index contributed by atoms with van der Waals surface area (Å²) in [5.41, 5.74) is 7.35. The first kappa shape index (κ1) is 16.1. The maximum absolute atomic E-state index is 13.1. The fourth-order valence-corrected chi connectivity index (χ4v) is 3.29. The third-order valence-electron chi connectivity index (χ3n) is 4.80. The number of likely N-dealkylation sites (N-methyl/N-ethyl adjacent to an activating group) is 1. The summed E-state index contributed by atoms with van der Waals surface area (Å²) in [4.78, 5) is 1.95. The topological polar surface area (TPSA) is 29.3 Å². The van der Waals surface area contributed by atoms with Gasteiger partial charge in [-0.2, -0.15) is 13.2 Å². The highest BCUT2D eigenvalue weighted by molar-refractivity contribution is 5.49. The number of anilines is 1. The van der Waals surface area contributed by atoms with Gasteiger partial charge >= 0.3 is 6.18 Å². The largest absolute Gasteiger partial charge is 0.391 e. The lowest BCUT2D eigenvalue weighted by Gasteiger charge is -2.48. The molecule has 5 heteroatoms. The smallest absolute Gasteiger partial charge is 0.368 e. The number of hydrogen-bond acceptors (Lipinski definition) is 2. The Bertz CT molecular complexity index is 469. The summed E-state index contributed by atoms with van der Waals surface area (Å²) >= 11 is 0. The number of hydrogen-bond donors (Lipinski definition) is 1. The summed E-state index contributed by atoms with van der Waals surface area (Å²) in [6, 6.07) is 7.84. The van der Waals surface area contributed by atoms with Gasteiger partial charge in [0.25, 0.3) is 0 Å². The Balaban J connectivity index is 2.25. The molecule has 0 heterocycles. The van der Waals surface area contributed by atoms with E-state index in [1.54, 1.807) is 0 Å². The molecule has 0 radical (unpaired) electrons. The predicted molar refractivity (Wildman–Crippen MR) is 79.4 cm³/mol. The Kier molecular flexibility index (Phi) is 4.51. The number of nitrogens with two attached hydrogens (primary N) is 1. The molecule has 1 saturated carbocycles. The Morgan fingerprint density at radius 3 is 2.43 bits per heavy atom. The number of halogens is 3. The molecule has 0 spiro atoms. The molecule has 2 rings (SSSR count). The van der Waals surface area contributed by atoms with Crippen molar-refractivity contribution < 1.29 is 13.2 Å². The van der Waals surface area contributed by atoms with E-state index in [1.165, 1.54) is 0 Å². The first-order valence-corrected chi connectivity index (χ1v) is 7.36. The average Bonchev–Trinajstić information content (AvgIpc) is 2.46. The Hall–Kier alpha value is -1.23. The minimum absolute atomic E-state index is 0.0807. The van der Waals surface area contributed by atoms with E-state index in [9.17, 15) is 13.2 Å². The Morgan fingerprint density at radius 2 is 1.90 bits per heavy atom. The number of rotatable bonds is 3. The second-order valence-electron chi connectivity index (χ2n) is 6.16. The second-order valence-corrected chi connectivity index (χ2v) is 6.16. The van der Waals surface area contributed by atoms with E-state index in [2.05, 4.69) is 0 Å². The van der Waals surface area contributed by atoms with Crippen LogP contribution in [0.2, 0.25) is 0 Å². The summed E-state index contributed by atoms with van der Waals surface area (Å²) < 4.78 is 39.2. The van der Waals surface area contributed by atoms with Crippen molar-refractivity contribution >= 4 is 5.69 Å². The van der Waals surface area contributed by atoms with Crippen LogP contribution in [0.15, 0.2) is 24.3 Å². The van der Waals surface area contributed by atoms with Gasteiger partial charge in [-0.15, -0.1) is 0 Å². The van der Waals surface area contributed by atoms with Crippen LogP contribution in [0.1, 0.15) is 31.2 Å². The molecule has 2 nitrogen and oxygen atoms in total. The van der Waals surface area contributed by atoms with Gasteiger partial charge in [0.15, 0.2) is 0 Å². The van der Waals surface area contributed by atoms with Crippen molar-refractivity contribution in [1.29, 1.82) is 0 Å². The Labute approximate surface area is 124 Å². The van der Waals surface area contributed by atoms with Crippen LogP contribution in [0.25, 0.3) is 0 Å². The molecule has 1 aliphatic carbocycles. The molecule has 0 bridgehead atoms. The van der Waals surface area contributed by atoms with Crippen LogP contribution in [0.3, 0.4) is 0 Å². The molecule has 1 aromatic rings. The quantitative estimate of drug-likeness (QED) is 0.918. The van der Waals surface area contributed by atoms with E-state index in [0.29, 0.717) is 12.8 Å². The third kappa shape index (κ3) is 3.34. The maximum atomic E-state index is 13.1. The van der Waals surface area contributed by atoms with Crippen LogP contribution in [0.5, 0.6) is 0 Å². The van der Waals surface area contributed by atoms with Crippen molar-refractivity contribution in [3.8, 4) is 0 Å². The van der Waals surface area contributed by atoms with Crippen molar-refractivity contribution in [3.63, 3.8) is 0 Å². The standard InChI is InChI=1S/C16H23F3N2/c1-12-5-7-14(8-6-12)21(2)15(11-20)9-3-4-13(10-15)16(17,18)19/h5-8,13H,3-4,9-11,20H2,1-2H3. The van der Waals surface area contributed by atoms with Gasteiger partial charge in [0.05, 0.1) is 11.5 Å². The van der Waals surface area contributed by atoms with Crippen molar-refractivity contribution in [2.24, 2.45) is 11.7 Å². The van der Waals surface area contributed by atoms with Gasteiger partial charge in [0.1, 0.15) is 0 Å². The van der Waals surface area contributed by atoms with Gasteiger partial charge in [-0.1, -0.05) is 24.1 Å². The molecule has 118 valence electrons. The highest BCUT2D eigenvalue weighted by Crippen LogP contribution is 2.44. The minimum Gasteiger partial charge on any atom is -0.368 e. The summed E-state index contributed by atoms with van der Waals surface area (Å²) in [6.07, 6.45) is -2.56. The SMILES string of the molecule is Cc1ccc(N(C)C2(CN)CCCC(C(F)(F)F)C2)cc1.